The summed E-state index contributed by atoms with van der Waals surface area (Å²) < 4.78 is 28.6. The number of benzene rings is 1. The van der Waals surface area contributed by atoms with Crippen molar-refractivity contribution in [1.82, 2.24) is 0 Å². The second kappa shape index (κ2) is 28.7. The molecule has 5 heteroatoms. The van der Waals surface area contributed by atoms with Gasteiger partial charge in [-0.3, -0.25) is 0 Å². The van der Waals surface area contributed by atoms with Gasteiger partial charge in [-0.15, -0.1) is 0 Å². The average Bonchev–Trinajstić information content (AvgIpc) is 2.88. The number of hydrogen-bond acceptors (Lipinski definition) is 4. The SMILES string of the molecule is C=C/C=C(\C=C/C)C(/C=C\C)=C/C=C.C=C/C=C(\C=C/C)S(=O)(=O)c1ccc(O)cc1.CC(C)(C)C.CC(C)C.COC. The summed E-state index contributed by atoms with van der Waals surface area (Å²) in [6, 6.07) is 5.42. The number of phenols is 1. The fraction of sp³-hybridized carbons (Fsp3) is 0.368. The van der Waals surface area contributed by atoms with Crippen LogP contribution in [-0.2, 0) is 14.6 Å². The van der Waals surface area contributed by atoms with Crippen molar-refractivity contribution in [3.05, 3.63) is 133 Å². The van der Waals surface area contributed by atoms with E-state index in [0.29, 0.717) is 5.41 Å². The quantitative estimate of drug-likeness (QED) is 0.282. The Morgan fingerprint density at radius 3 is 1.30 bits per heavy atom. The third-order valence-electron chi connectivity index (χ3n) is 3.69. The molecule has 0 amide bonds. The van der Waals surface area contributed by atoms with Crippen LogP contribution in [0.5, 0.6) is 5.75 Å². The second-order valence-corrected chi connectivity index (χ2v) is 13.1. The van der Waals surface area contributed by atoms with Crippen LogP contribution in [0.1, 0.15) is 69.2 Å². The molecule has 0 spiro atoms. The lowest BCUT2D eigenvalue weighted by Gasteiger charge is -2.05. The van der Waals surface area contributed by atoms with Crippen molar-refractivity contribution in [1.29, 1.82) is 0 Å². The van der Waals surface area contributed by atoms with E-state index in [2.05, 4.69) is 85.1 Å². The Kier molecular flexibility index (Phi) is 31.1. The van der Waals surface area contributed by atoms with Crippen molar-refractivity contribution in [3.8, 4) is 5.75 Å². The Morgan fingerprint density at radius 2 is 1.05 bits per heavy atom. The lowest BCUT2D eigenvalue weighted by molar-refractivity contribution is 0.277. The predicted octanol–water partition coefficient (Wildman–Crippen LogP) is 11.2. The van der Waals surface area contributed by atoms with Gasteiger partial charge in [0.1, 0.15) is 5.75 Å². The Bertz CT molecular complexity index is 1120. The molecule has 0 unspecified atom stereocenters. The van der Waals surface area contributed by atoms with Gasteiger partial charge in [-0.1, -0.05) is 129 Å². The zero-order valence-corrected chi connectivity index (χ0v) is 29.8. The van der Waals surface area contributed by atoms with Crippen molar-refractivity contribution < 1.29 is 18.3 Å². The number of ether oxygens (including phenoxy) is 1. The van der Waals surface area contributed by atoms with Gasteiger partial charge in [0, 0.05) is 14.2 Å². The Morgan fingerprint density at radius 1 is 0.744 bits per heavy atom. The molecular weight excluding hydrogens is 552 g/mol. The summed E-state index contributed by atoms with van der Waals surface area (Å²) in [6.45, 7) is 31.9. The summed E-state index contributed by atoms with van der Waals surface area (Å²) in [5.41, 5.74) is 2.78. The van der Waals surface area contributed by atoms with Gasteiger partial charge in [-0.25, -0.2) is 8.42 Å². The van der Waals surface area contributed by atoms with Gasteiger partial charge in [0.25, 0.3) is 0 Å². The van der Waals surface area contributed by atoms with E-state index < -0.39 is 9.84 Å². The number of hydrogen-bond donors (Lipinski definition) is 1. The number of aromatic hydroxyl groups is 1. The summed E-state index contributed by atoms with van der Waals surface area (Å²) in [4.78, 5) is 0.308. The molecule has 43 heavy (non-hydrogen) atoms. The van der Waals surface area contributed by atoms with Gasteiger partial charge in [0.05, 0.1) is 9.80 Å². The van der Waals surface area contributed by atoms with Crippen LogP contribution in [0.25, 0.3) is 0 Å². The van der Waals surface area contributed by atoms with Gasteiger partial charge in [-0.2, -0.15) is 0 Å². The van der Waals surface area contributed by atoms with E-state index in [1.165, 1.54) is 42.5 Å². The lowest BCUT2D eigenvalue weighted by Crippen LogP contribution is -2.02. The highest BCUT2D eigenvalue weighted by Gasteiger charge is 2.17. The van der Waals surface area contributed by atoms with Crippen molar-refractivity contribution in [2.75, 3.05) is 14.2 Å². The average molecular weight is 613 g/mol. The standard InChI is InChI=1S/C14H18.C13H14O3S.C5H12.C4H10.C2H6O/c1-5-9-13(10-6-2)14(11-7-3)12-8-4;1-3-5-12(6-4-2)17(15,16)13-9-7-11(14)8-10-13;1-5(2,3)4;1-4(2)3;1-3-2/h5-12H,1,3H2,2,4H3;3-10,14H,1H2,2H3;1-4H3;4H,1-3H3;1-2H3/b10-6-,12-8-,13-9+,14-11+;6-4-,12-5+;;;. The molecule has 0 bridgehead atoms. The van der Waals surface area contributed by atoms with Crippen LogP contribution >= 0.6 is 0 Å². The monoisotopic (exact) mass is 612 g/mol. The molecule has 0 atom stereocenters. The molecule has 0 heterocycles. The van der Waals surface area contributed by atoms with E-state index in [-0.39, 0.29) is 15.6 Å². The van der Waals surface area contributed by atoms with E-state index in [0.717, 1.165) is 17.1 Å². The van der Waals surface area contributed by atoms with Crippen LogP contribution < -0.4 is 0 Å². The molecule has 1 aromatic rings. The molecule has 1 aromatic carbocycles. The second-order valence-electron chi connectivity index (χ2n) is 11.2. The van der Waals surface area contributed by atoms with Gasteiger partial charge in [-0.05, 0) is 79.7 Å². The Balaban J connectivity index is -0.000000260. The number of sulfone groups is 1. The van der Waals surface area contributed by atoms with Crippen LogP contribution in [0.15, 0.2) is 138 Å². The van der Waals surface area contributed by atoms with E-state index >= 15 is 0 Å². The molecule has 0 saturated heterocycles. The molecule has 4 nitrogen and oxygen atoms in total. The zero-order valence-electron chi connectivity index (χ0n) is 29.0. The first-order valence-electron chi connectivity index (χ1n) is 14.3. The molecular formula is C38H60O4S. The highest BCUT2D eigenvalue weighted by Crippen LogP contribution is 2.22. The molecule has 0 radical (unpaired) electrons. The van der Waals surface area contributed by atoms with E-state index in [1.54, 1.807) is 39.4 Å². The highest BCUT2D eigenvalue weighted by molar-refractivity contribution is 7.95. The van der Waals surface area contributed by atoms with Crippen molar-refractivity contribution in [3.63, 3.8) is 0 Å². The van der Waals surface area contributed by atoms with Gasteiger partial charge in [0.15, 0.2) is 0 Å². The molecule has 0 aliphatic rings. The fourth-order valence-corrected chi connectivity index (χ4v) is 3.74. The maximum absolute atomic E-state index is 12.2. The van der Waals surface area contributed by atoms with E-state index in [1.807, 2.05) is 38.2 Å². The minimum atomic E-state index is -3.55. The minimum Gasteiger partial charge on any atom is -0.508 e. The molecule has 0 saturated carbocycles. The number of methoxy groups -OCH3 is 1. The van der Waals surface area contributed by atoms with Gasteiger partial charge >= 0.3 is 0 Å². The summed E-state index contributed by atoms with van der Waals surface area (Å²) in [6.07, 6.45) is 21.7. The minimum absolute atomic E-state index is 0.0317. The van der Waals surface area contributed by atoms with Crippen molar-refractivity contribution in [2.45, 2.75) is 74.1 Å². The fourth-order valence-electron chi connectivity index (χ4n) is 2.39. The predicted molar refractivity (Wildman–Crippen MR) is 193 cm³/mol. The Labute approximate surface area is 265 Å². The summed E-state index contributed by atoms with van der Waals surface area (Å²) in [5, 5.41) is 9.13. The molecule has 0 aliphatic carbocycles. The molecule has 0 aromatic heterocycles. The summed E-state index contributed by atoms with van der Waals surface area (Å²) in [5.74, 6) is 0.865. The Hall–Kier alpha value is -3.41. The lowest BCUT2D eigenvalue weighted by atomic mass is 10.0. The third-order valence-corrected chi connectivity index (χ3v) is 5.48. The number of rotatable bonds is 9. The van der Waals surface area contributed by atoms with Crippen LogP contribution in [-0.4, -0.2) is 27.7 Å². The van der Waals surface area contributed by atoms with E-state index in [4.69, 9.17) is 5.11 Å². The first-order valence-corrected chi connectivity index (χ1v) is 15.8. The van der Waals surface area contributed by atoms with Gasteiger partial charge < -0.3 is 9.84 Å². The first kappa shape index (κ1) is 46.5. The maximum Gasteiger partial charge on any atom is 0.206 e. The number of phenolic OH excluding ortho intramolecular Hbond substituents is 1. The topological polar surface area (TPSA) is 63.6 Å². The summed E-state index contributed by atoms with van der Waals surface area (Å²) >= 11 is 0. The zero-order chi connectivity index (χ0) is 34.5. The highest BCUT2D eigenvalue weighted by atomic mass is 32.2. The van der Waals surface area contributed by atoms with E-state index in [9.17, 15) is 8.42 Å². The third kappa shape index (κ3) is 31.4. The van der Waals surface area contributed by atoms with Crippen molar-refractivity contribution >= 4 is 9.84 Å². The molecule has 1 rings (SSSR count). The first-order chi connectivity index (χ1) is 20.0. The molecule has 0 fully saturated rings. The normalized spacial score (nSPS) is 12.3. The largest absolute Gasteiger partial charge is 0.508 e. The number of allylic oxidation sites excluding steroid dienone is 14. The molecule has 0 aliphatic heterocycles. The maximum atomic E-state index is 12.2. The smallest absolute Gasteiger partial charge is 0.206 e. The van der Waals surface area contributed by atoms with Crippen LogP contribution in [0.3, 0.4) is 0 Å². The van der Waals surface area contributed by atoms with Crippen LogP contribution in [0.2, 0.25) is 0 Å². The molecule has 242 valence electrons. The summed E-state index contributed by atoms with van der Waals surface area (Å²) in [7, 11) is -0.300. The van der Waals surface area contributed by atoms with Crippen LogP contribution in [0, 0.1) is 11.3 Å². The van der Waals surface area contributed by atoms with Crippen molar-refractivity contribution in [2.24, 2.45) is 11.3 Å². The van der Waals surface area contributed by atoms with Crippen LogP contribution in [0.4, 0.5) is 0 Å². The molecule has 1 N–H and O–H groups in total. The van der Waals surface area contributed by atoms with Gasteiger partial charge in [0.2, 0.25) is 9.84 Å².